The number of carbonyl (C=O) groups is 1. The smallest absolute Gasteiger partial charge is 0.279 e. The van der Waals surface area contributed by atoms with Gasteiger partial charge in [0.2, 0.25) is 0 Å². The van der Waals surface area contributed by atoms with Crippen molar-refractivity contribution in [3.05, 3.63) is 51.2 Å². The van der Waals surface area contributed by atoms with Crippen LogP contribution in [0.2, 0.25) is 4.34 Å². The summed E-state index contributed by atoms with van der Waals surface area (Å²) in [7, 11) is 2.01. The molecule has 1 unspecified atom stereocenters. The van der Waals surface area contributed by atoms with Crippen molar-refractivity contribution in [2.24, 2.45) is 0 Å². The highest BCUT2D eigenvalue weighted by Gasteiger charge is 2.12. The van der Waals surface area contributed by atoms with Crippen molar-refractivity contribution < 1.29 is 9.69 Å². The molecule has 118 valence electrons. The Morgan fingerprint density at radius 1 is 1.23 bits per heavy atom. The number of quaternary nitrogens is 1. The van der Waals surface area contributed by atoms with Gasteiger partial charge in [0, 0.05) is 5.69 Å². The lowest BCUT2D eigenvalue weighted by Crippen LogP contribution is -3.08. The molecular formula is C17H22ClN2OS+. The summed E-state index contributed by atoms with van der Waals surface area (Å²) in [5.74, 6) is 0.524. The van der Waals surface area contributed by atoms with Crippen LogP contribution in [0.5, 0.6) is 0 Å². The van der Waals surface area contributed by atoms with Crippen molar-refractivity contribution in [3.8, 4) is 0 Å². The largest absolute Gasteiger partial charge is 0.325 e. The molecule has 1 amide bonds. The number of rotatable bonds is 6. The highest BCUT2D eigenvalue weighted by Crippen LogP contribution is 2.20. The molecule has 2 aromatic rings. The van der Waals surface area contributed by atoms with E-state index in [0.29, 0.717) is 12.5 Å². The van der Waals surface area contributed by atoms with E-state index < -0.39 is 0 Å². The molecule has 0 saturated carbocycles. The third kappa shape index (κ3) is 5.13. The van der Waals surface area contributed by atoms with Crippen molar-refractivity contribution in [2.75, 3.05) is 18.9 Å². The fraction of sp³-hybridized carbons (Fsp3) is 0.353. The predicted molar refractivity (Wildman–Crippen MR) is 93.9 cm³/mol. The van der Waals surface area contributed by atoms with Crippen LogP contribution in [0, 0.1) is 0 Å². The molecule has 1 aromatic carbocycles. The number of carbonyl (C=O) groups excluding carboxylic acids is 1. The van der Waals surface area contributed by atoms with Gasteiger partial charge in [0.15, 0.2) is 6.54 Å². The normalized spacial score (nSPS) is 12.4. The fourth-order valence-electron chi connectivity index (χ4n) is 2.24. The maximum absolute atomic E-state index is 12.1. The topological polar surface area (TPSA) is 33.5 Å². The van der Waals surface area contributed by atoms with Gasteiger partial charge in [0.25, 0.3) is 5.91 Å². The standard InChI is InChI=1S/C17H21ClN2OS/c1-12(2)13-4-6-14(7-5-13)19-17(21)11-20(3)10-15-8-9-16(18)22-15/h4-9,12H,10-11H2,1-3H3,(H,19,21)/p+1. The van der Waals surface area contributed by atoms with Crippen LogP contribution in [0.1, 0.15) is 30.2 Å². The zero-order chi connectivity index (χ0) is 16.1. The number of halogens is 1. The summed E-state index contributed by atoms with van der Waals surface area (Å²) >= 11 is 7.49. The Morgan fingerprint density at radius 2 is 1.91 bits per heavy atom. The van der Waals surface area contributed by atoms with Gasteiger partial charge in [-0.2, -0.15) is 0 Å². The molecule has 5 heteroatoms. The van der Waals surface area contributed by atoms with Crippen LogP contribution in [-0.2, 0) is 11.3 Å². The van der Waals surface area contributed by atoms with Crippen molar-refractivity contribution >= 4 is 34.5 Å². The van der Waals surface area contributed by atoms with Gasteiger partial charge in [0.1, 0.15) is 6.54 Å². The van der Waals surface area contributed by atoms with Crippen LogP contribution in [0.4, 0.5) is 5.69 Å². The molecular weight excluding hydrogens is 316 g/mol. The predicted octanol–water partition coefficient (Wildman–Crippen LogP) is 3.18. The Balaban J connectivity index is 1.84. The van der Waals surface area contributed by atoms with Crippen LogP contribution in [0.3, 0.4) is 0 Å². The Labute approximate surface area is 140 Å². The van der Waals surface area contributed by atoms with E-state index in [-0.39, 0.29) is 5.91 Å². The third-order valence-corrected chi connectivity index (χ3v) is 4.66. The van der Waals surface area contributed by atoms with Crippen molar-refractivity contribution in [1.29, 1.82) is 0 Å². The number of thiophene rings is 1. The molecule has 1 aromatic heterocycles. The van der Waals surface area contributed by atoms with Crippen molar-refractivity contribution in [2.45, 2.75) is 26.3 Å². The first kappa shape index (κ1) is 17.0. The fourth-order valence-corrected chi connectivity index (χ4v) is 3.44. The zero-order valence-corrected chi connectivity index (χ0v) is 14.7. The van der Waals surface area contributed by atoms with Gasteiger partial charge in [-0.1, -0.05) is 37.6 Å². The third-order valence-electron chi connectivity index (χ3n) is 3.43. The first-order valence-corrected chi connectivity index (χ1v) is 8.59. The van der Waals surface area contributed by atoms with Crippen LogP contribution >= 0.6 is 22.9 Å². The molecule has 0 aliphatic carbocycles. The summed E-state index contributed by atoms with van der Waals surface area (Å²) in [5, 5.41) is 2.95. The molecule has 0 spiro atoms. The zero-order valence-electron chi connectivity index (χ0n) is 13.2. The second-order valence-electron chi connectivity index (χ2n) is 5.84. The summed E-state index contributed by atoms with van der Waals surface area (Å²) in [6, 6.07) is 11.9. The number of amides is 1. The number of nitrogens with one attached hydrogen (secondary N) is 2. The summed E-state index contributed by atoms with van der Waals surface area (Å²) in [5.41, 5.74) is 2.12. The van der Waals surface area contributed by atoms with Gasteiger partial charge in [-0.25, -0.2) is 0 Å². The number of benzene rings is 1. The Hall–Kier alpha value is -1.36. The van der Waals surface area contributed by atoms with Gasteiger partial charge in [-0.05, 0) is 35.7 Å². The van der Waals surface area contributed by atoms with Gasteiger partial charge >= 0.3 is 0 Å². The van der Waals surface area contributed by atoms with Gasteiger partial charge in [-0.3, -0.25) is 4.79 Å². The monoisotopic (exact) mass is 337 g/mol. The minimum absolute atomic E-state index is 0.0254. The van der Waals surface area contributed by atoms with E-state index in [0.717, 1.165) is 21.5 Å². The van der Waals surface area contributed by atoms with E-state index in [9.17, 15) is 4.79 Å². The number of anilines is 1. The van der Waals surface area contributed by atoms with E-state index >= 15 is 0 Å². The summed E-state index contributed by atoms with van der Waals surface area (Å²) in [4.78, 5) is 14.4. The van der Waals surface area contributed by atoms with Gasteiger partial charge in [0.05, 0.1) is 16.3 Å². The molecule has 0 radical (unpaired) electrons. The molecule has 0 aliphatic rings. The second kappa shape index (κ2) is 7.77. The average Bonchev–Trinajstić information content (AvgIpc) is 2.84. The molecule has 1 atom stereocenters. The summed E-state index contributed by atoms with van der Waals surface area (Å²) in [6.45, 7) is 5.55. The minimum atomic E-state index is 0.0254. The highest BCUT2D eigenvalue weighted by atomic mass is 35.5. The van der Waals surface area contributed by atoms with E-state index in [1.54, 1.807) is 11.3 Å². The molecule has 3 nitrogen and oxygen atoms in total. The molecule has 0 fully saturated rings. The van der Waals surface area contributed by atoms with E-state index in [1.165, 1.54) is 10.4 Å². The molecule has 0 aliphatic heterocycles. The van der Waals surface area contributed by atoms with Gasteiger partial charge in [-0.15, -0.1) is 11.3 Å². The second-order valence-corrected chi connectivity index (χ2v) is 7.64. The molecule has 2 N–H and O–H groups in total. The van der Waals surface area contributed by atoms with E-state index in [1.807, 2.05) is 31.3 Å². The molecule has 0 bridgehead atoms. The molecule has 1 heterocycles. The Morgan fingerprint density at radius 3 is 2.45 bits per heavy atom. The molecule has 0 saturated heterocycles. The lowest BCUT2D eigenvalue weighted by Gasteiger charge is -2.13. The van der Waals surface area contributed by atoms with Gasteiger partial charge < -0.3 is 10.2 Å². The lowest BCUT2D eigenvalue weighted by atomic mass is 10.0. The van der Waals surface area contributed by atoms with Crippen molar-refractivity contribution in [1.82, 2.24) is 0 Å². The first-order chi connectivity index (χ1) is 10.4. The average molecular weight is 338 g/mol. The molecule has 22 heavy (non-hydrogen) atoms. The SMILES string of the molecule is CC(C)c1ccc(NC(=O)C[NH+](C)Cc2ccc(Cl)s2)cc1. The van der Waals surface area contributed by atoms with E-state index in [2.05, 4.69) is 31.3 Å². The molecule has 2 rings (SSSR count). The first-order valence-electron chi connectivity index (χ1n) is 7.39. The number of hydrogen-bond donors (Lipinski definition) is 2. The van der Waals surface area contributed by atoms with Crippen LogP contribution < -0.4 is 10.2 Å². The quantitative estimate of drug-likeness (QED) is 0.834. The maximum atomic E-state index is 12.1. The van der Waals surface area contributed by atoms with Crippen molar-refractivity contribution in [3.63, 3.8) is 0 Å². The number of hydrogen-bond acceptors (Lipinski definition) is 2. The lowest BCUT2D eigenvalue weighted by molar-refractivity contribution is -0.884. The summed E-state index contributed by atoms with van der Waals surface area (Å²) < 4.78 is 0.789. The highest BCUT2D eigenvalue weighted by molar-refractivity contribution is 7.16. The summed E-state index contributed by atoms with van der Waals surface area (Å²) in [6.07, 6.45) is 0. The van der Waals surface area contributed by atoms with Crippen LogP contribution in [0.25, 0.3) is 0 Å². The Kier molecular flexibility index (Phi) is 6.00. The maximum Gasteiger partial charge on any atom is 0.279 e. The van der Waals surface area contributed by atoms with E-state index in [4.69, 9.17) is 11.6 Å². The minimum Gasteiger partial charge on any atom is -0.325 e. The number of likely N-dealkylation sites (N-methyl/N-ethyl adjacent to an activating group) is 1. The van der Waals surface area contributed by atoms with Crippen LogP contribution in [0.15, 0.2) is 36.4 Å². The van der Waals surface area contributed by atoms with Crippen LogP contribution in [-0.4, -0.2) is 19.5 Å². The Bertz CT molecular complexity index is 622.